The van der Waals surface area contributed by atoms with Gasteiger partial charge in [0.05, 0.1) is 12.3 Å². The number of nitrogens with zero attached hydrogens (tertiary/aromatic N) is 2. The first-order valence-electron chi connectivity index (χ1n) is 5.60. The van der Waals surface area contributed by atoms with E-state index in [2.05, 4.69) is 29.4 Å². The first kappa shape index (κ1) is 14.5. The van der Waals surface area contributed by atoms with Gasteiger partial charge in [0.25, 0.3) is 0 Å². The van der Waals surface area contributed by atoms with Gasteiger partial charge in [-0.25, -0.2) is 0 Å². The van der Waals surface area contributed by atoms with E-state index >= 15 is 0 Å². The molecule has 0 atom stereocenters. The van der Waals surface area contributed by atoms with E-state index in [-0.39, 0.29) is 17.2 Å². The molecule has 0 aliphatic carbocycles. The molecule has 2 N–H and O–H groups in total. The van der Waals surface area contributed by atoms with Crippen LogP contribution in [0.4, 0.5) is 5.69 Å². The van der Waals surface area contributed by atoms with Crippen LogP contribution in [0.15, 0.2) is 6.07 Å². The van der Waals surface area contributed by atoms with Crippen molar-refractivity contribution in [2.24, 2.45) is 5.41 Å². The molecule has 0 amide bonds. The van der Waals surface area contributed by atoms with Crippen LogP contribution >= 0.6 is 23.2 Å². The molecule has 1 rings (SSSR count). The summed E-state index contributed by atoms with van der Waals surface area (Å²) in [5.41, 5.74) is 0.505. The molecule has 96 valence electrons. The van der Waals surface area contributed by atoms with E-state index in [0.717, 1.165) is 12.8 Å². The normalized spacial score (nSPS) is 11.6. The highest BCUT2D eigenvalue weighted by molar-refractivity contribution is 6.33. The average Bonchev–Trinajstić information content (AvgIpc) is 2.35. The zero-order chi connectivity index (χ0) is 12.9. The quantitative estimate of drug-likeness (QED) is 0.839. The predicted molar refractivity (Wildman–Crippen MR) is 70.6 cm³/mol. The number of hydrogen-bond donors (Lipinski definition) is 2. The topological polar surface area (TPSA) is 58.0 Å². The third kappa shape index (κ3) is 3.69. The predicted octanol–water partition coefficient (Wildman–Crippen LogP) is 2.99. The van der Waals surface area contributed by atoms with Gasteiger partial charge in [-0.2, -0.15) is 0 Å². The summed E-state index contributed by atoms with van der Waals surface area (Å²) in [6.07, 6.45) is 1.77. The smallest absolute Gasteiger partial charge is 0.174 e. The van der Waals surface area contributed by atoms with Crippen LogP contribution in [0, 0.1) is 5.41 Å². The van der Waals surface area contributed by atoms with Crippen molar-refractivity contribution in [1.82, 2.24) is 10.2 Å². The summed E-state index contributed by atoms with van der Waals surface area (Å²) in [4.78, 5) is 0. The molecule has 0 aromatic carbocycles. The highest BCUT2D eigenvalue weighted by atomic mass is 35.5. The van der Waals surface area contributed by atoms with Gasteiger partial charge in [0.1, 0.15) is 0 Å². The van der Waals surface area contributed by atoms with Crippen LogP contribution in [0.5, 0.6) is 0 Å². The minimum Gasteiger partial charge on any atom is -0.396 e. The molecule has 1 heterocycles. The molecule has 4 nitrogen and oxygen atoms in total. The molecule has 0 fully saturated rings. The Hall–Kier alpha value is -0.580. The van der Waals surface area contributed by atoms with Crippen LogP contribution in [0.25, 0.3) is 0 Å². The highest BCUT2D eigenvalue weighted by Gasteiger charge is 2.25. The third-order valence-corrected chi connectivity index (χ3v) is 3.67. The Bertz CT molecular complexity index is 361. The van der Waals surface area contributed by atoms with Crippen LogP contribution in [0.1, 0.15) is 26.7 Å². The Morgan fingerprint density at radius 1 is 1.29 bits per heavy atom. The van der Waals surface area contributed by atoms with Crippen molar-refractivity contribution >= 4 is 28.9 Å². The SMILES string of the molecule is CCC(CC)(CO)CNc1cc(Cl)nnc1Cl. The molecule has 1 aromatic heterocycles. The van der Waals surface area contributed by atoms with Gasteiger partial charge in [-0.3, -0.25) is 0 Å². The van der Waals surface area contributed by atoms with Gasteiger partial charge in [-0.05, 0) is 12.8 Å². The highest BCUT2D eigenvalue weighted by Crippen LogP contribution is 2.28. The maximum absolute atomic E-state index is 9.45. The van der Waals surface area contributed by atoms with Crippen LogP contribution in [-0.2, 0) is 0 Å². The zero-order valence-electron chi connectivity index (χ0n) is 10.0. The van der Waals surface area contributed by atoms with Crippen LogP contribution in [-0.4, -0.2) is 28.5 Å². The second kappa shape index (κ2) is 6.38. The molecule has 0 saturated heterocycles. The molecule has 1 aromatic rings. The third-order valence-electron chi connectivity index (χ3n) is 3.21. The molecule has 0 unspecified atom stereocenters. The van der Waals surface area contributed by atoms with E-state index in [1.54, 1.807) is 6.07 Å². The van der Waals surface area contributed by atoms with Crippen molar-refractivity contribution in [3.05, 3.63) is 16.4 Å². The lowest BCUT2D eigenvalue weighted by atomic mass is 9.83. The number of nitrogens with one attached hydrogen (secondary N) is 1. The summed E-state index contributed by atoms with van der Waals surface area (Å²) in [5, 5.41) is 20.6. The molecule has 0 aliphatic heterocycles. The molecule has 0 radical (unpaired) electrons. The van der Waals surface area contributed by atoms with Crippen molar-refractivity contribution in [2.45, 2.75) is 26.7 Å². The first-order valence-corrected chi connectivity index (χ1v) is 6.36. The number of anilines is 1. The summed E-state index contributed by atoms with van der Waals surface area (Å²) < 4.78 is 0. The second-order valence-electron chi connectivity index (χ2n) is 4.09. The number of halogens is 2. The van der Waals surface area contributed by atoms with E-state index in [1.165, 1.54) is 0 Å². The number of aliphatic hydroxyl groups is 1. The number of aromatic nitrogens is 2. The van der Waals surface area contributed by atoms with Crippen LogP contribution < -0.4 is 5.32 Å². The Labute approximate surface area is 111 Å². The zero-order valence-corrected chi connectivity index (χ0v) is 11.5. The lowest BCUT2D eigenvalue weighted by molar-refractivity contribution is 0.127. The molecule has 17 heavy (non-hydrogen) atoms. The molecular weight excluding hydrogens is 261 g/mol. The van der Waals surface area contributed by atoms with E-state index in [1.807, 2.05) is 0 Å². The van der Waals surface area contributed by atoms with Crippen molar-refractivity contribution in [3.8, 4) is 0 Å². The fraction of sp³-hybridized carbons (Fsp3) is 0.636. The molecule has 6 heteroatoms. The van der Waals surface area contributed by atoms with Gasteiger partial charge in [0, 0.05) is 18.0 Å². The fourth-order valence-corrected chi connectivity index (χ4v) is 1.85. The number of hydrogen-bond acceptors (Lipinski definition) is 4. The Morgan fingerprint density at radius 3 is 2.47 bits per heavy atom. The van der Waals surface area contributed by atoms with E-state index in [0.29, 0.717) is 17.4 Å². The van der Waals surface area contributed by atoms with Gasteiger partial charge in [0.2, 0.25) is 0 Å². The van der Waals surface area contributed by atoms with Crippen molar-refractivity contribution in [3.63, 3.8) is 0 Å². The van der Waals surface area contributed by atoms with E-state index < -0.39 is 0 Å². The average molecular weight is 278 g/mol. The molecule has 0 aliphatic rings. The number of aliphatic hydroxyl groups excluding tert-OH is 1. The Kier molecular flexibility index (Phi) is 5.43. The van der Waals surface area contributed by atoms with Crippen molar-refractivity contribution in [1.29, 1.82) is 0 Å². The van der Waals surface area contributed by atoms with Crippen LogP contribution in [0.3, 0.4) is 0 Å². The van der Waals surface area contributed by atoms with Gasteiger partial charge in [0.15, 0.2) is 10.3 Å². The largest absolute Gasteiger partial charge is 0.396 e. The maximum atomic E-state index is 9.45. The molecular formula is C11H17Cl2N3O. The summed E-state index contributed by atoms with van der Waals surface area (Å²) in [7, 11) is 0. The second-order valence-corrected chi connectivity index (χ2v) is 4.84. The standard InChI is InChI=1S/C11H17Cl2N3O/c1-3-11(4-2,7-17)6-14-8-5-9(12)15-16-10(8)13/h5,17H,3-4,6-7H2,1-2H3,(H,14,15). The van der Waals surface area contributed by atoms with Gasteiger partial charge < -0.3 is 10.4 Å². The lowest BCUT2D eigenvalue weighted by Crippen LogP contribution is -2.32. The van der Waals surface area contributed by atoms with Crippen molar-refractivity contribution in [2.75, 3.05) is 18.5 Å². The Morgan fingerprint density at radius 2 is 1.94 bits per heavy atom. The molecule has 0 saturated carbocycles. The minimum atomic E-state index is -0.140. The summed E-state index contributed by atoms with van der Waals surface area (Å²) in [6, 6.07) is 1.63. The minimum absolute atomic E-state index is 0.136. The van der Waals surface area contributed by atoms with E-state index in [4.69, 9.17) is 23.2 Å². The summed E-state index contributed by atoms with van der Waals surface area (Å²) >= 11 is 11.6. The van der Waals surface area contributed by atoms with Crippen molar-refractivity contribution < 1.29 is 5.11 Å². The Balaban J connectivity index is 2.75. The van der Waals surface area contributed by atoms with Gasteiger partial charge >= 0.3 is 0 Å². The fourth-order valence-electron chi connectivity index (χ4n) is 1.54. The maximum Gasteiger partial charge on any atom is 0.174 e. The monoisotopic (exact) mass is 277 g/mol. The summed E-state index contributed by atoms with van der Waals surface area (Å²) in [5.74, 6) is 0. The summed E-state index contributed by atoms with van der Waals surface area (Å²) in [6.45, 7) is 4.87. The van der Waals surface area contributed by atoms with Crippen LogP contribution in [0.2, 0.25) is 10.3 Å². The number of rotatable bonds is 6. The lowest BCUT2D eigenvalue weighted by Gasteiger charge is -2.30. The molecule has 0 spiro atoms. The first-order chi connectivity index (χ1) is 8.06. The van der Waals surface area contributed by atoms with E-state index in [9.17, 15) is 5.11 Å². The van der Waals surface area contributed by atoms with Gasteiger partial charge in [-0.1, -0.05) is 37.0 Å². The van der Waals surface area contributed by atoms with Gasteiger partial charge in [-0.15, -0.1) is 10.2 Å². The molecule has 0 bridgehead atoms.